The monoisotopic (exact) mass is 214 g/mol. The molecule has 5 heteroatoms. The minimum absolute atomic E-state index is 0.0763. The molecule has 0 saturated heterocycles. The lowest BCUT2D eigenvalue weighted by Gasteiger charge is -2.19. The fourth-order valence-corrected chi connectivity index (χ4v) is 1.94. The average Bonchev–Trinajstić information content (AvgIpc) is 2.87. The highest BCUT2D eigenvalue weighted by Gasteiger charge is 2.30. The molecule has 3 heterocycles. The van der Waals surface area contributed by atoms with Crippen molar-refractivity contribution in [1.29, 1.82) is 0 Å². The van der Waals surface area contributed by atoms with Gasteiger partial charge in [0.05, 0.1) is 6.20 Å². The number of nitrogens with zero attached hydrogens (tertiary/aromatic N) is 3. The molecule has 5 nitrogen and oxygen atoms in total. The number of fused-ring (bicyclic) bond motifs is 1. The third-order valence-electron chi connectivity index (χ3n) is 2.72. The predicted octanol–water partition coefficient (Wildman–Crippen LogP) is 0.270. The van der Waals surface area contributed by atoms with Gasteiger partial charge in [0.25, 0.3) is 5.91 Å². The summed E-state index contributed by atoms with van der Waals surface area (Å²) in [6.45, 7) is 0. The minimum atomic E-state index is -0.389. The zero-order valence-electron chi connectivity index (χ0n) is 8.71. The van der Waals surface area contributed by atoms with Crippen molar-refractivity contribution in [1.82, 2.24) is 15.1 Å². The van der Waals surface area contributed by atoms with E-state index >= 15 is 0 Å². The van der Waals surface area contributed by atoms with E-state index in [0.717, 1.165) is 16.7 Å². The number of aliphatic imine (C=N–C) groups is 1. The molecule has 0 saturated carbocycles. The summed E-state index contributed by atoms with van der Waals surface area (Å²) >= 11 is 0. The van der Waals surface area contributed by atoms with Gasteiger partial charge in [-0.3, -0.25) is 14.5 Å². The number of hydrogen-bond acceptors (Lipinski definition) is 3. The van der Waals surface area contributed by atoms with Crippen molar-refractivity contribution in [3.8, 4) is 0 Å². The second kappa shape index (κ2) is 3.16. The van der Waals surface area contributed by atoms with Crippen LogP contribution in [0.3, 0.4) is 0 Å². The molecule has 2 aliphatic heterocycles. The van der Waals surface area contributed by atoms with Gasteiger partial charge in [-0.15, -0.1) is 0 Å². The van der Waals surface area contributed by atoms with Gasteiger partial charge in [-0.05, 0) is 11.6 Å². The first-order valence-corrected chi connectivity index (χ1v) is 4.99. The van der Waals surface area contributed by atoms with Crippen molar-refractivity contribution >= 4 is 17.7 Å². The Hall–Kier alpha value is -2.17. The SMILES string of the molecule is Cn1cc(C2=CNC(=O)C3N=CC=C23)cn1. The molecule has 0 aliphatic carbocycles. The number of allylic oxidation sites excluding steroid dienone is 1. The van der Waals surface area contributed by atoms with Crippen LogP contribution in [0.2, 0.25) is 0 Å². The molecule has 3 rings (SSSR count). The molecule has 0 spiro atoms. The maximum absolute atomic E-state index is 11.5. The van der Waals surface area contributed by atoms with E-state index in [-0.39, 0.29) is 11.9 Å². The smallest absolute Gasteiger partial charge is 0.253 e. The van der Waals surface area contributed by atoms with Crippen molar-refractivity contribution < 1.29 is 4.79 Å². The molecular formula is C11H10N4O. The number of rotatable bonds is 1. The molecule has 16 heavy (non-hydrogen) atoms. The summed E-state index contributed by atoms with van der Waals surface area (Å²) in [5, 5.41) is 6.84. The highest BCUT2D eigenvalue weighted by molar-refractivity contribution is 6.03. The van der Waals surface area contributed by atoms with Crippen molar-refractivity contribution in [2.45, 2.75) is 6.04 Å². The number of hydrogen-bond donors (Lipinski definition) is 1. The summed E-state index contributed by atoms with van der Waals surface area (Å²) in [7, 11) is 1.86. The lowest BCUT2D eigenvalue weighted by molar-refractivity contribution is -0.120. The van der Waals surface area contributed by atoms with Crippen LogP contribution in [0, 0.1) is 0 Å². The minimum Gasteiger partial charge on any atom is -0.330 e. The van der Waals surface area contributed by atoms with E-state index in [2.05, 4.69) is 15.4 Å². The molecule has 1 aromatic rings. The van der Waals surface area contributed by atoms with Crippen molar-refractivity contribution in [2.24, 2.45) is 12.0 Å². The molecule has 0 bridgehead atoms. The van der Waals surface area contributed by atoms with Crippen LogP contribution in [0.15, 0.2) is 35.2 Å². The lowest BCUT2D eigenvalue weighted by Crippen LogP contribution is -2.34. The van der Waals surface area contributed by atoms with E-state index in [0.29, 0.717) is 0 Å². The summed E-state index contributed by atoms with van der Waals surface area (Å²) in [6.07, 6.45) is 8.97. The van der Waals surface area contributed by atoms with Gasteiger partial charge < -0.3 is 5.32 Å². The Balaban J connectivity index is 2.06. The second-order valence-electron chi connectivity index (χ2n) is 3.79. The quantitative estimate of drug-likeness (QED) is 0.729. The molecule has 1 unspecified atom stereocenters. The molecule has 1 amide bonds. The molecular weight excluding hydrogens is 204 g/mol. The molecule has 0 radical (unpaired) electrons. The van der Waals surface area contributed by atoms with Crippen LogP contribution in [0.1, 0.15) is 5.56 Å². The van der Waals surface area contributed by atoms with Gasteiger partial charge in [-0.2, -0.15) is 5.10 Å². The van der Waals surface area contributed by atoms with Crippen LogP contribution >= 0.6 is 0 Å². The van der Waals surface area contributed by atoms with Crippen LogP contribution in [-0.2, 0) is 11.8 Å². The molecule has 80 valence electrons. The Labute approximate surface area is 92.2 Å². The number of amides is 1. The van der Waals surface area contributed by atoms with Crippen molar-refractivity contribution in [2.75, 3.05) is 0 Å². The fourth-order valence-electron chi connectivity index (χ4n) is 1.94. The molecule has 0 aromatic carbocycles. The molecule has 1 atom stereocenters. The fraction of sp³-hybridized carbons (Fsp3) is 0.182. The highest BCUT2D eigenvalue weighted by atomic mass is 16.2. The molecule has 2 aliphatic rings. The molecule has 1 aromatic heterocycles. The van der Waals surface area contributed by atoms with E-state index in [1.807, 2.05) is 19.3 Å². The van der Waals surface area contributed by atoms with Gasteiger partial charge >= 0.3 is 0 Å². The summed E-state index contributed by atoms with van der Waals surface area (Å²) in [4.78, 5) is 15.7. The Bertz CT molecular complexity index is 550. The molecule has 0 fully saturated rings. The van der Waals surface area contributed by atoms with Crippen molar-refractivity contribution in [3.05, 3.63) is 35.8 Å². The maximum atomic E-state index is 11.5. The van der Waals surface area contributed by atoms with E-state index < -0.39 is 0 Å². The first-order chi connectivity index (χ1) is 7.75. The maximum Gasteiger partial charge on any atom is 0.253 e. The summed E-state index contributed by atoms with van der Waals surface area (Å²) in [5.74, 6) is -0.0763. The van der Waals surface area contributed by atoms with Crippen LogP contribution in [0.25, 0.3) is 5.57 Å². The van der Waals surface area contributed by atoms with Gasteiger partial charge in [0.2, 0.25) is 0 Å². The summed E-state index contributed by atoms with van der Waals surface area (Å²) < 4.78 is 1.73. The number of aromatic nitrogens is 2. The number of carbonyl (C=O) groups excluding carboxylic acids is 1. The average molecular weight is 214 g/mol. The van der Waals surface area contributed by atoms with E-state index in [9.17, 15) is 4.79 Å². The van der Waals surface area contributed by atoms with Gasteiger partial charge in [-0.1, -0.05) is 0 Å². The normalized spacial score (nSPS) is 22.6. The van der Waals surface area contributed by atoms with E-state index in [1.165, 1.54) is 0 Å². The van der Waals surface area contributed by atoms with Crippen LogP contribution < -0.4 is 5.32 Å². The zero-order chi connectivity index (χ0) is 11.1. The van der Waals surface area contributed by atoms with Gasteiger partial charge in [-0.25, -0.2) is 0 Å². The third-order valence-corrected chi connectivity index (χ3v) is 2.72. The molecule has 1 N–H and O–H groups in total. The highest BCUT2D eigenvalue weighted by Crippen LogP contribution is 2.30. The Morgan fingerprint density at radius 1 is 1.50 bits per heavy atom. The van der Waals surface area contributed by atoms with Gasteiger partial charge in [0.1, 0.15) is 0 Å². The van der Waals surface area contributed by atoms with Gasteiger partial charge in [0.15, 0.2) is 6.04 Å². The summed E-state index contributed by atoms with van der Waals surface area (Å²) in [6, 6.07) is -0.389. The third kappa shape index (κ3) is 1.21. The van der Waals surface area contributed by atoms with Gasteiger partial charge in [0, 0.05) is 36.8 Å². The van der Waals surface area contributed by atoms with Crippen molar-refractivity contribution in [3.63, 3.8) is 0 Å². The predicted molar refractivity (Wildman–Crippen MR) is 59.7 cm³/mol. The number of nitrogens with one attached hydrogen (secondary N) is 1. The largest absolute Gasteiger partial charge is 0.330 e. The Morgan fingerprint density at radius 3 is 3.12 bits per heavy atom. The Morgan fingerprint density at radius 2 is 2.38 bits per heavy atom. The lowest BCUT2D eigenvalue weighted by atomic mass is 9.93. The Kier molecular flexibility index (Phi) is 1.80. The first kappa shape index (κ1) is 9.08. The number of aryl methyl sites for hydroxylation is 1. The van der Waals surface area contributed by atoms with E-state index in [1.54, 1.807) is 23.3 Å². The zero-order valence-corrected chi connectivity index (χ0v) is 8.71. The van der Waals surface area contributed by atoms with Crippen LogP contribution in [-0.4, -0.2) is 27.9 Å². The first-order valence-electron chi connectivity index (χ1n) is 4.99. The van der Waals surface area contributed by atoms with Crippen LogP contribution in [0.4, 0.5) is 0 Å². The van der Waals surface area contributed by atoms with Crippen LogP contribution in [0.5, 0.6) is 0 Å². The van der Waals surface area contributed by atoms with E-state index in [4.69, 9.17) is 0 Å². The topological polar surface area (TPSA) is 59.3 Å². The summed E-state index contributed by atoms with van der Waals surface area (Å²) in [5.41, 5.74) is 2.91. The number of carbonyl (C=O) groups is 1. The standard InChI is InChI=1S/C11H10N4O/c1-15-6-7(4-14-15)9-5-13-11(16)10-8(9)2-3-12-10/h2-6,10H,1H3,(H,13,16). The second-order valence-corrected chi connectivity index (χ2v) is 3.79.